The first-order valence-corrected chi connectivity index (χ1v) is 5.33. The maximum atomic E-state index is 11.4. The Morgan fingerprint density at radius 3 is 2.33 bits per heavy atom. The normalized spacial score (nSPS) is 10.1. The van der Waals surface area contributed by atoms with Crippen LogP contribution in [-0.2, 0) is 4.74 Å². The molecule has 2 N–H and O–H groups in total. The number of hydrogen-bond donors (Lipinski definition) is 2. The van der Waals surface area contributed by atoms with Crippen molar-refractivity contribution in [1.29, 1.82) is 0 Å². The average Bonchev–Trinajstić information content (AvgIpc) is 2.39. The molecule has 0 radical (unpaired) electrons. The molecule has 4 heteroatoms. The third kappa shape index (κ3) is 2.13. The second kappa shape index (κ2) is 4.79. The number of phenols is 2. The van der Waals surface area contributed by atoms with Crippen LogP contribution in [0, 0.1) is 0 Å². The number of ether oxygens (including phenoxy) is 1. The first kappa shape index (κ1) is 12.0. The topological polar surface area (TPSA) is 66.8 Å². The molecule has 0 fully saturated rings. The van der Waals surface area contributed by atoms with Gasteiger partial charge in [0.2, 0.25) is 0 Å². The zero-order valence-corrected chi connectivity index (χ0v) is 9.75. The van der Waals surface area contributed by atoms with E-state index in [1.54, 1.807) is 18.2 Å². The Balaban J connectivity index is 2.57. The molecule has 0 aliphatic heterocycles. The van der Waals surface area contributed by atoms with Gasteiger partial charge in [-0.2, -0.15) is 0 Å². The number of esters is 1. The third-order valence-electron chi connectivity index (χ3n) is 2.61. The van der Waals surface area contributed by atoms with E-state index in [2.05, 4.69) is 4.74 Å². The Labute approximate surface area is 104 Å². The molecule has 0 amide bonds. The summed E-state index contributed by atoms with van der Waals surface area (Å²) in [5.41, 5.74) is 1.16. The summed E-state index contributed by atoms with van der Waals surface area (Å²) in [6.45, 7) is 0. The fourth-order valence-corrected chi connectivity index (χ4v) is 1.70. The van der Waals surface area contributed by atoms with Crippen LogP contribution in [0.4, 0.5) is 0 Å². The number of carbonyl (C=O) groups excluding carboxylic acids is 1. The van der Waals surface area contributed by atoms with Gasteiger partial charge in [-0.15, -0.1) is 0 Å². The van der Waals surface area contributed by atoms with E-state index in [0.29, 0.717) is 16.7 Å². The minimum absolute atomic E-state index is 0.0100. The first-order valence-electron chi connectivity index (χ1n) is 5.33. The fraction of sp³-hybridized carbons (Fsp3) is 0.0714. The summed E-state index contributed by atoms with van der Waals surface area (Å²) in [6.07, 6.45) is 0. The zero-order valence-electron chi connectivity index (χ0n) is 9.75. The second-order valence-corrected chi connectivity index (χ2v) is 3.74. The number of aromatic hydroxyl groups is 2. The van der Waals surface area contributed by atoms with Gasteiger partial charge in [0.25, 0.3) is 0 Å². The van der Waals surface area contributed by atoms with Crippen LogP contribution >= 0.6 is 0 Å². The summed E-state index contributed by atoms with van der Waals surface area (Å²) < 4.78 is 4.61. The van der Waals surface area contributed by atoms with E-state index in [1.165, 1.54) is 31.4 Å². The number of methoxy groups -OCH3 is 1. The number of phenolic OH excluding ortho intramolecular Hbond substituents is 2. The van der Waals surface area contributed by atoms with Gasteiger partial charge in [0.05, 0.1) is 12.7 Å². The lowest BCUT2D eigenvalue weighted by molar-refractivity contribution is 0.0601. The number of hydrogen-bond acceptors (Lipinski definition) is 4. The maximum Gasteiger partial charge on any atom is 0.337 e. The Kier molecular flexibility index (Phi) is 3.19. The van der Waals surface area contributed by atoms with Crippen molar-refractivity contribution in [3.63, 3.8) is 0 Å². The van der Waals surface area contributed by atoms with Crippen LogP contribution in [0.5, 0.6) is 11.5 Å². The predicted molar refractivity (Wildman–Crippen MR) is 66.5 cm³/mol. The molecule has 0 saturated heterocycles. The molecule has 0 bridgehead atoms. The van der Waals surface area contributed by atoms with E-state index in [0.717, 1.165) is 0 Å². The molecule has 0 atom stereocenters. The van der Waals surface area contributed by atoms with Crippen molar-refractivity contribution >= 4 is 5.97 Å². The Morgan fingerprint density at radius 1 is 1.00 bits per heavy atom. The predicted octanol–water partition coefficient (Wildman–Crippen LogP) is 2.55. The quantitative estimate of drug-likeness (QED) is 0.797. The van der Waals surface area contributed by atoms with Gasteiger partial charge < -0.3 is 14.9 Å². The Bertz CT molecular complexity index is 590. The summed E-state index contributed by atoms with van der Waals surface area (Å²) in [6, 6.07) is 10.9. The molecule has 2 rings (SSSR count). The lowest BCUT2D eigenvalue weighted by atomic mass is 10.0. The highest BCUT2D eigenvalue weighted by atomic mass is 16.5. The minimum Gasteiger partial charge on any atom is -0.507 e. The second-order valence-electron chi connectivity index (χ2n) is 3.74. The molecule has 0 saturated carbocycles. The SMILES string of the molecule is COC(=O)c1ccc(O)c(-c2ccccc2O)c1. The molecule has 0 aliphatic carbocycles. The van der Waals surface area contributed by atoms with Gasteiger partial charge in [-0.3, -0.25) is 0 Å². The van der Waals surface area contributed by atoms with E-state index >= 15 is 0 Å². The standard InChI is InChI=1S/C14H12O4/c1-18-14(17)9-6-7-13(16)11(8-9)10-4-2-3-5-12(10)15/h2-8,15-16H,1H3. The Hall–Kier alpha value is -2.49. The van der Waals surface area contributed by atoms with Crippen molar-refractivity contribution in [3.8, 4) is 22.6 Å². The molecule has 0 unspecified atom stereocenters. The first-order chi connectivity index (χ1) is 8.63. The number of benzene rings is 2. The Morgan fingerprint density at radius 2 is 1.67 bits per heavy atom. The summed E-state index contributed by atoms with van der Waals surface area (Å²) in [7, 11) is 1.29. The highest BCUT2D eigenvalue weighted by molar-refractivity contribution is 5.92. The van der Waals surface area contributed by atoms with Crippen LogP contribution in [0.1, 0.15) is 10.4 Å². The van der Waals surface area contributed by atoms with Crippen molar-refractivity contribution in [3.05, 3.63) is 48.0 Å². The fourth-order valence-electron chi connectivity index (χ4n) is 1.70. The molecule has 0 aliphatic rings. The molecular weight excluding hydrogens is 232 g/mol. The van der Waals surface area contributed by atoms with E-state index < -0.39 is 5.97 Å². The largest absolute Gasteiger partial charge is 0.507 e. The lowest BCUT2D eigenvalue weighted by Crippen LogP contribution is -2.01. The van der Waals surface area contributed by atoms with Crippen molar-refractivity contribution in [2.75, 3.05) is 7.11 Å². The van der Waals surface area contributed by atoms with Crippen LogP contribution < -0.4 is 0 Å². The van der Waals surface area contributed by atoms with E-state index in [1.807, 2.05) is 0 Å². The smallest absolute Gasteiger partial charge is 0.337 e. The monoisotopic (exact) mass is 244 g/mol. The van der Waals surface area contributed by atoms with Gasteiger partial charge in [0.1, 0.15) is 11.5 Å². The summed E-state index contributed by atoms with van der Waals surface area (Å²) in [4.78, 5) is 11.4. The summed E-state index contributed by atoms with van der Waals surface area (Å²) in [5, 5.41) is 19.6. The van der Waals surface area contributed by atoms with Gasteiger partial charge in [-0.05, 0) is 24.3 Å². The van der Waals surface area contributed by atoms with Crippen LogP contribution in [-0.4, -0.2) is 23.3 Å². The molecular formula is C14H12O4. The van der Waals surface area contributed by atoms with E-state index in [4.69, 9.17) is 0 Å². The maximum absolute atomic E-state index is 11.4. The van der Waals surface area contributed by atoms with E-state index in [9.17, 15) is 15.0 Å². The minimum atomic E-state index is -0.494. The van der Waals surface area contributed by atoms with Crippen LogP contribution in [0.25, 0.3) is 11.1 Å². The molecule has 2 aromatic rings. The molecule has 2 aromatic carbocycles. The van der Waals surface area contributed by atoms with E-state index in [-0.39, 0.29) is 11.5 Å². The van der Waals surface area contributed by atoms with Gasteiger partial charge in [-0.1, -0.05) is 18.2 Å². The molecule has 0 aromatic heterocycles. The third-order valence-corrected chi connectivity index (χ3v) is 2.61. The zero-order chi connectivity index (χ0) is 13.1. The van der Waals surface area contributed by atoms with Crippen molar-refractivity contribution in [1.82, 2.24) is 0 Å². The number of para-hydroxylation sites is 1. The summed E-state index contributed by atoms with van der Waals surface area (Å²) in [5.74, 6) is -0.467. The van der Waals surface area contributed by atoms with Crippen molar-refractivity contribution in [2.45, 2.75) is 0 Å². The van der Waals surface area contributed by atoms with Gasteiger partial charge in [-0.25, -0.2) is 4.79 Å². The summed E-state index contributed by atoms with van der Waals surface area (Å²) >= 11 is 0. The molecule has 0 heterocycles. The van der Waals surface area contributed by atoms with Crippen LogP contribution in [0.2, 0.25) is 0 Å². The number of carbonyl (C=O) groups is 1. The van der Waals surface area contributed by atoms with Crippen molar-refractivity contribution < 1.29 is 19.7 Å². The lowest BCUT2D eigenvalue weighted by Gasteiger charge is -2.08. The molecule has 18 heavy (non-hydrogen) atoms. The van der Waals surface area contributed by atoms with Gasteiger partial charge >= 0.3 is 5.97 Å². The van der Waals surface area contributed by atoms with Gasteiger partial charge in [0.15, 0.2) is 0 Å². The molecule has 92 valence electrons. The number of rotatable bonds is 2. The highest BCUT2D eigenvalue weighted by Gasteiger charge is 2.12. The van der Waals surface area contributed by atoms with Crippen LogP contribution in [0.15, 0.2) is 42.5 Å². The van der Waals surface area contributed by atoms with Crippen LogP contribution in [0.3, 0.4) is 0 Å². The van der Waals surface area contributed by atoms with Crippen molar-refractivity contribution in [2.24, 2.45) is 0 Å². The highest BCUT2D eigenvalue weighted by Crippen LogP contribution is 2.35. The molecule has 0 spiro atoms. The molecule has 4 nitrogen and oxygen atoms in total. The van der Waals surface area contributed by atoms with Gasteiger partial charge in [0, 0.05) is 11.1 Å². The average molecular weight is 244 g/mol.